The van der Waals surface area contributed by atoms with Gasteiger partial charge in [-0.1, -0.05) is 0 Å². The highest BCUT2D eigenvalue weighted by Gasteiger charge is 2.35. The van der Waals surface area contributed by atoms with Crippen LogP contribution in [0.1, 0.15) is 19.3 Å². The van der Waals surface area contributed by atoms with Crippen LogP contribution in [0.5, 0.6) is 0 Å². The highest BCUT2D eigenvalue weighted by molar-refractivity contribution is 4.88. The Morgan fingerprint density at radius 3 is 2.90 bits per heavy atom. The monoisotopic (exact) mass is 141 g/mol. The number of piperidine rings is 1. The van der Waals surface area contributed by atoms with Crippen LogP contribution in [0.2, 0.25) is 0 Å². The van der Waals surface area contributed by atoms with Crippen LogP contribution in [-0.4, -0.2) is 24.3 Å². The molecule has 2 nitrogen and oxygen atoms in total. The standard InChI is InChI=1S/C8H15NO/c10-8-2-1-6-3-4-9-5-7(6)8/h6-10H,1-5H2. The Labute approximate surface area is 61.6 Å². The molecule has 2 rings (SSSR count). The minimum atomic E-state index is -0.00204. The van der Waals surface area contributed by atoms with Gasteiger partial charge in [-0.3, -0.25) is 0 Å². The second-order valence-electron chi connectivity index (χ2n) is 3.56. The van der Waals surface area contributed by atoms with Crippen molar-refractivity contribution in [2.24, 2.45) is 11.8 Å². The fraction of sp³-hybridized carbons (Fsp3) is 1.00. The molecule has 3 unspecified atom stereocenters. The normalized spacial score (nSPS) is 47.1. The summed E-state index contributed by atoms with van der Waals surface area (Å²) in [4.78, 5) is 0. The van der Waals surface area contributed by atoms with Crippen LogP contribution in [0.15, 0.2) is 0 Å². The van der Waals surface area contributed by atoms with Crippen molar-refractivity contribution in [1.29, 1.82) is 0 Å². The molecule has 3 atom stereocenters. The lowest BCUT2D eigenvalue weighted by molar-refractivity contribution is 0.104. The van der Waals surface area contributed by atoms with Crippen molar-refractivity contribution in [2.75, 3.05) is 13.1 Å². The molecule has 0 radical (unpaired) electrons. The van der Waals surface area contributed by atoms with E-state index in [1.807, 2.05) is 0 Å². The molecule has 1 saturated heterocycles. The highest BCUT2D eigenvalue weighted by Crippen LogP contribution is 2.35. The summed E-state index contributed by atoms with van der Waals surface area (Å²) in [5.41, 5.74) is 0. The molecule has 1 heterocycles. The van der Waals surface area contributed by atoms with Gasteiger partial charge in [0.1, 0.15) is 0 Å². The minimum Gasteiger partial charge on any atom is -0.393 e. The van der Waals surface area contributed by atoms with Gasteiger partial charge < -0.3 is 10.4 Å². The number of hydrogen-bond acceptors (Lipinski definition) is 2. The van der Waals surface area contributed by atoms with Crippen molar-refractivity contribution in [2.45, 2.75) is 25.4 Å². The van der Waals surface area contributed by atoms with Crippen LogP contribution < -0.4 is 5.32 Å². The molecule has 2 N–H and O–H groups in total. The number of hydrogen-bond donors (Lipinski definition) is 2. The second-order valence-corrected chi connectivity index (χ2v) is 3.56. The summed E-state index contributed by atoms with van der Waals surface area (Å²) in [5, 5.41) is 12.8. The average Bonchev–Trinajstić information content (AvgIpc) is 2.34. The summed E-state index contributed by atoms with van der Waals surface area (Å²) >= 11 is 0. The zero-order valence-electron chi connectivity index (χ0n) is 6.21. The van der Waals surface area contributed by atoms with E-state index in [9.17, 15) is 5.11 Å². The van der Waals surface area contributed by atoms with Crippen LogP contribution in [0.25, 0.3) is 0 Å². The molecule has 0 spiro atoms. The summed E-state index contributed by atoms with van der Waals surface area (Å²) < 4.78 is 0. The highest BCUT2D eigenvalue weighted by atomic mass is 16.3. The summed E-state index contributed by atoms with van der Waals surface area (Å²) in [5.74, 6) is 1.41. The molecule has 0 amide bonds. The molecule has 0 aromatic carbocycles. The fourth-order valence-electron chi connectivity index (χ4n) is 2.34. The molecule has 1 saturated carbocycles. The van der Waals surface area contributed by atoms with Crippen LogP contribution >= 0.6 is 0 Å². The Morgan fingerprint density at radius 2 is 2.10 bits per heavy atom. The van der Waals surface area contributed by atoms with Crippen LogP contribution in [-0.2, 0) is 0 Å². The van der Waals surface area contributed by atoms with E-state index in [0.717, 1.165) is 25.4 Å². The molecule has 1 aliphatic carbocycles. The maximum atomic E-state index is 9.48. The largest absolute Gasteiger partial charge is 0.393 e. The average molecular weight is 141 g/mol. The molecular formula is C8H15NO. The van der Waals surface area contributed by atoms with Gasteiger partial charge >= 0.3 is 0 Å². The van der Waals surface area contributed by atoms with Crippen molar-refractivity contribution in [3.8, 4) is 0 Å². The Hall–Kier alpha value is -0.0800. The van der Waals surface area contributed by atoms with Gasteiger partial charge in [-0.25, -0.2) is 0 Å². The zero-order chi connectivity index (χ0) is 6.97. The first-order chi connectivity index (χ1) is 4.88. The van der Waals surface area contributed by atoms with Crippen molar-refractivity contribution in [3.05, 3.63) is 0 Å². The van der Waals surface area contributed by atoms with Crippen molar-refractivity contribution < 1.29 is 5.11 Å². The lowest BCUT2D eigenvalue weighted by Crippen LogP contribution is -2.38. The van der Waals surface area contributed by atoms with E-state index in [0.29, 0.717) is 5.92 Å². The van der Waals surface area contributed by atoms with Gasteiger partial charge in [0.25, 0.3) is 0 Å². The number of rotatable bonds is 0. The van der Waals surface area contributed by atoms with Gasteiger partial charge in [-0.05, 0) is 31.7 Å². The summed E-state index contributed by atoms with van der Waals surface area (Å²) in [6, 6.07) is 0. The Kier molecular flexibility index (Phi) is 1.66. The topological polar surface area (TPSA) is 32.3 Å². The first-order valence-electron chi connectivity index (χ1n) is 4.26. The van der Waals surface area contributed by atoms with E-state index in [-0.39, 0.29) is 6.10 Å². The smallest absolute Gasteiger partial charge is 0.0583 e. The Bertz CT molecular complexity index is 124. The quantitative estimate of drug-likeness (QED) is 0.510. The maximum Gasteiger partial charge on any atom is 0.0583 e. The van der Waals surface area contributed by atoms with Crippen LogP contribution in [0.4, 0.5) is 0 Å². The third kappa shape index (κ3) is 0.956. The molecule has 0 aromatic rings. The molecule has 0 bridgehead atoms. The van der Waals surface area contributed by atoms with Crippen molar-refractivity contribution in [3.63, 3.8) is 0 Å². The molecule has 58 valence electrons. The molecular weight excluding hydrogens is 126 g/mol. The Morgan fingerprint density at radius 1 is 1.20 bits per heavy atom. The van der Waals surface area contributed by atoms with Crippen LogP contribution in [0.3, 0.4) is 0 Å². The third-order valence-electron chi connectivity index (χ3n) is 3.00. The summed E-state index contributed by atoms with van der Waals surface area (Å²) in [6.07, 6.45) is 3.57. The van der Waals surface area contributed by atoms with E-state index in [1.165, 1.54) is 12.8 Å². The molecule has 2 heteroatoms. The van der Waals surface area contributed by atoms with Crippen molar-refractivity contribution >= 4 is 0 Å². The maximum absolute atomic E-state index is 9.48. The fourth-order valence-corrected chi connectivity index (χ4v) is 2.34. The third-order valence-corrected chi connectivity index (χ3v) is 3.00. The summed E-state index contributed by atoms with van der Waals surface area (Å²) in [7, 11) is 0. The number of aliphatic hydroxyl groups is 1. The Balaban J connectivity index is 2.01. The molecule has 10 heavy (non-hydrogen) atoms. The molecule has 2 fully saturated rings. The number of nitrogens with one attached hydrogen (secondary N) is 1. The van der Waals surface area contributed by atoms with E-state index in [1.54, 1.807) is 0 Å². The second kappa shape index (κ2) is 2.51. The van der Waals surface area contributed by atoms with Gasteiger partial charge in [0.2, 0.25) is 0 Å². The predicted octanol–water partition coefficient (Wildman–Crippen LogP) is 0.367. The van der Waals surface area contributed by atoms with E-state index in [4.69, 9.17) is 0 Å². The summed E-state index contributed by atoms with van der Waals surface area (Å²) in [6.45, 7) is 2.21. The predicted molar refractivity (Wildman–Crippen MR) is 39.7 cm³/mol. The van der Waals surface area contributed by atoms with Crippen LogP contribution in [0, 0.1) is 11.8 Å². The lowest BCUT2D eigenvalue weighted by Gasteiger charge is -2.27. The van der Waals surface area contributed by atoms with Gasteiger partial charge in [0.15, 0.2) is 0 Å². The van der Waals surface area contributed by atoms with E-state index in [2.05, 4.69) is 5.32 Å². The minimum absolute atomic E-state index is 0.00204. The first kappa shape index (κ1) is 6.62. The van der Waals surface area contributed by atoms with Gasteiger partial charge in [0.05, 0.1) is 6.10 Å². The molecule has 0 aromatic heterocycles. The van der Waals surface area contributed by atoms with Crippen molar-refractivity contribution in [1.82, 2.24) is 5.32 Å². The van der Waals surface area contributed by atoms with E-state index >= 15 is 0 Å². The van der Waals surface area contributed by atoms with E-state index < -0.39 is 0 Å². The lowest BCUT2D eigenvalue weighted by atomic mass is 9.89. The SMILES string of the molecule is OC1CCC2CCNCC12. The zero-order valence-corrected chi connectivity index (χ0v) is 6.21. The van der Waals surface area contributed by atoms with Gasteiger partial charge in [-0.15, -0.1) is 0 Å². The number of aliphatic hydroxyl groups excluding tert-OH is 1. The van der Waals surface area contributed by atoms with Gasteiger partial charge in [0, 0.05) is 12.5 Å². The first-order valence-corrected chi connectivity index (χ1v) is 4.26. The number of fused-ring (bicyclic) bond motifs is 1. The molecule has 2 aliphatic rings. The molecule has 1 aliphatic heterocycles. The van der Waals surface area contributed by atoms with Gasteiger partial charge in [-0.2, -0.15) is 0 Å².